The third kappa shape index (κ3) is 3.14. The zero-order valence-electron chi connectivity index (χ0n) is 7.88. The first-order chi connectivity index (χ1) is 5.83. The minimum atomic E-state index is 0.410. The van der Waals surface area contributed by atoms with Gasteiger partial charge in [0.25, 0.3) is 0 Å². The Bertz CT molecular complexity index is 249. The molecular formula is C11H16Si. The highest BCUT2D eigenvalue weighted by Gasteiger charge is 1.88. The molecule has 0 unspecified atom stereocenters. The largest absolute Gasteiger partial charge is 0.0908 e. The quantitative estimate of drug-likeness (QED) is 0.615. The molecule has 0 amide bonds. The van der Waals surface area contributed by atoms with Gasteiger partial charge >= 0.3 is 0 Å². The molecule has 12 heavy (non-hydrogen) atoms. The van der Waals surface area contributed by atoms with Gasteiger partial charge in [-0.25, -0.2) is 0 Å². The summed E-state index contributed by atoms with van der Waals surface area (Å²) >= 11 is 0. The van der Waals surface area contributed by atoms with Gasteiger partial charge in [0.1, 0.15) is 0 Å². The third-order valence-corrected chi connectivity index (χ3v) is 3.36. The number of rotatable bonds is 3. The molecule has 1 aromatic carbocycles. The zero-order chi connectivity index (χ0) is 8.81. The Hall–Kier alpha value is -0.693. The molecule has 0 fully saturated rings. The van der Waals surface area contributed by atoms with Crippen molar-refractivity contribution < 1.29 is 0 Å². The minimum Gasteiger partial charge on any atom is -0.0908 e. The fraction of sp³-hybridized carbons (Fsp3) is 0.364. The van der Waals surface area contributed by atoms with Crippen LogP contribution in [-0.2, 0) is 0 Å². The van der Waals surface area contributed by atoms with Crippen LogP contribution in [-0.4, -0.2) is 14.3 Å². The van der Waals surface area contributed by atoms with Crippen molar-refractivity contribution in [3.05, 3.63) is 30.3 Å². The van der Waals surface area contributed by atoms with Crippen molar-refractivity contribution in [2.75, 3.05) is 0 Å². The maximum Gasteiger partial charge on any atom is 0.0282 e. The SMILES string of the molecule is CCCC(C)=[SiH]c1ccccc1. The predicted octanol–water partition coefficient (Wildman–Crippen LogP) is 1.74. The Morgan fingerprint density at radius 1 is 1.25 bits per heavy atom. The van der Waals surface area contributed by atoms with Gasteiger partial charge in [-0.2, -0.15) is 0 Å². The van der Waals surface area contributed by atoms with Gasteiger partial charge in [0.2, 0.25) is 0 Å². The molecule has 0 atom stereocenters. The van der Waals surface area contributed by atoms with E-state index >= 15 is 0 Å². The average Bonchev–Trinajstić information content (AvgIpc) is 2.06. The monoisotopic (exact) mass is 176 g/mol. The van der Waals surface area contributed by atoms with E-state index in [4.69, 9.17) is 0 Å². The van der Waals surface area contributed by atoms with Crippen molar-refractivity contribution >= 4 is 19.5 Å². The van der Waals surface area contributed by atoms with Gasteiger partial charge in [0.05, 0.1) is 0 Å². The van der Waals surface area contributed by atoms with Crippen LogP contribution >= 0.6 is 0 Å². The van der Waals surface area contributed by atoms with Gasteiger partial charge in [-0.15, -0.1) is 0 Å². The molecule has 1 rings (SSSR count). The molecular weight excluding hydrogens is 160 g/mol. The summed E-state index contributed by atoms with van der Waals surface area (Å²) in [4.78, 5) is 0. The third-order valence-electron chi connectivity index (χ3n) is 1.86. The first-order valence-electron chi connectivity index (χ1n) is 4.55. The topological polar surface area (TPSA) is 0 Å². The van der Waals surface area contributed by atoms with E-state index in [1.807, 2.05) is 0 Å². The highest BCUT2D eigenvalue weighted by Crippen LogP contribution is 1.87. The molecule has 64 valence electrons. The van der Waals surface area contributed by atoms with Gasteiger partial charge in [0.15, 0.2) is 0 Å². The van der Waals surface area contributed by atoms with E-state index in [2.05, 4.69) is 44.2 Å². The van der Waals surface area contributed by atoms with Gasteiger partial charge in [-0.05, 0) is 18.5 Å². The molecule has 0 heterocycles. The van der Waals surface area contributed by atoms with Crippen LogP contribution < -0.4 is 5.19 Å². The highest BCUT2D eigenvalue weighted by atomic mass is 28.2. The van der Waals surface area contributed by atoms with Crippen LogP contribution in [0.4, 0.5) is 0 Å². The van der Waals surface area contributed by atoms with E-state index < -0.39 is 0 Å². The summed E-state index contributed by atoms with van der Waals surface area (Å²) in [6.07, 6.45) is 2.58. The Morgan fingerprint density at radius 2 is 1.92 bits per heavy atom. The first kappa shape index (κ1) is 9.40. The molecule has 0 aliphatic rings. The Balaban J connectivity index is 2.67. The molecule has 0 saturated carbocycles. The first-order valence-corrected chi connectivity index (χ1v) is 5.70. The van der Waals surface area contributed by atoms with E-state index in [0.717, 1.165) is 0 Å². The van der Waals surface area contributed by atoms with Gasteiger partial charge in [-0.1, -0.05) is 48.8 Å². The van der Waals surface area contributed by atoms with Gasteiger partial charge < -0.3 is 0 Å². The van der Waals surface area contributed by atoms with Crippen molar-refractivity contribution in [3.63, 3.8) is 0 Å². The fourth-order valence-corrected chi connectivity index (χ4v) is 2.72. The van der Waals surface area contributed by atoms with Crippen LogP contribution in [0.2, 0.25) is 0 Å². The summed E-state index contributed by atoms with van der Waals surface area (Å²) in [6.45, 7) is 4.53. The summed E-state index contributed by atoms with van der Waals surface area (Å²) in [5, 5.41) is 3.19. The molecule has 1 heteroatoms. The van der Waals surface area contributed by atoms with Crippen molar-refractivity contribution in [2.24, 2.45) is 0 Å². The maximum atomic E-state index is 2.28. The van der Waals surface area contributed by atoms with Gasteiger partial charge in [-0.3, -0.25) is 0 Å². The van der Waals surface area contributed by atoms with Crippen molar-refractivity contribution in [2.45, 2.75) is 26.7 Å². The second kappa shape index (κ2) is 5.04. The van der Waals surface area contributed by atoms with Crippen LogP contribution in [0.25, 0.3) is 0 Å². The predicted molar refractivity (Wildman–Crippen MR) is 58.8 cm³/mol. The van der Waals surface area contributed by atoms with Crippen LogP contribution in [0.3, 0.4) is 0 Å². The molecule has 0 aliphatic carbocycles. The van der Waals surface area contributed by atoms with Crippen molar-refractivity contribution in [3.8, 4) is 0 Å². The van der Waals surface area contributed by atoms with Crippen LogP contribution in [0.5, 0.6) is 0 Å². The molecule has 0 radical (unpaired) electrons. The van der Waals surface area contributed by atoms with Crippen LogP contribution in [0.1, 0.15) is 26.7 Å². The second-order valence-corrected chi connectivity index (χ2v) is 5.09. The number of hydrogen-bond acceptors (Lipinski definition) is 0. The highest BCUT2D eigenvalue weighted by molar-refractivity contribution is 6.65. The number of hydrogen-bond donors (Lipinski definition) is 0. The van der Waals surface area contributed by atoms with E-state index in [1.54, 1.807) is 5.17 Å². The second-order valence-electron chi connectivity index (χ2n) is 3.15. The van der Waals surface area contributed by atoms with Crippen molar-refractivity contribution in [1.29, 1.82) is 0 Å². The summed E-state index contributed by atoms with van der Waals surface area (Å²) in [6, 6.07) is 10.8. The van der Waals surface area contributed by atoms with Crippen LogP contribution in [0, 0.1) is 0 Å². The molecule has 0 nitrogen and oxygen atoms in total. The smallest absolute Gasteiger partial charge is 0.0282 e. The lowest BCUT2D eigenvalue weighted by Crippen LogP contribution is -2.12. The Kier molecular flexibility index (Phi) is 3.95. The molecule has 0 saturated heterocycles. The lowest BCUT2D eigenvalue weighted by molar-refractivity contribution is 1.00. The van der Waals surface area contributed by atoms with E-state index in [1.165, 1.54) is 18.0 Å². The summed E-state index contributed by atoms with van der Waals surface area (Å²) in [7, 11) is 0.410. The molecule has 0 aliphatic heterocycles. The summed E-state index contributed by atoms with van der Waals surface area (Å²) in [5.41, 5.74) is 0. The van der Waals surface area contributed by atoms with E-state index in [9.17, 15) is 0 Å². The molecule has 0 spiro atoms. The molecule has 0 N–H and O–H groups in total. The van der Waals surface area contributed by atoms with E-state index in [0.29, 0.717) is 9.13 Å². The lowest BCUT2D eigenvalue weighted by atomic mass is 10.3. The Morgan fingerprint density at radius 3 is 2.50 bits per heavy atom. The molecule has 1 aromatic rings. The van der Waals surface area contributed by atoms with Gasteiger partial charge in [0, 0.05) is 9.13 Å². The summed E-state index contributed by atoms with van der Waals surface area (Å²) < 4.78 is 0. The zero-order valence-corrected chi connectivity index (χ0v) is 9.03. The standard InChI is InChI=1S/C11H16Si/c1-3-7-10(2)12-11-8-5-4-6-9-11/h4-6,8-9,12H,3,7H2,1-2H3. The lowest BCUT2D eigenvalue weighted by Gasteiger charge is -1.97. The van der Waals surface area contributed by atoms with Crippen LogP contribution in [0.15, 0.2) is 30.3 Å². The van der Waals surface area contributed by atoms with Crippen molar-refractivity contribution in [1.82, 2.24) is 0 Å². The summed E-state index contributed by atoms with van der Waals surface area (Å²) in [5.74, 6) is 0. The normalized spacial score (nSPS) is 11.7. The minimum absolute atomic E-state index is 0.410. The maximum absolute atomic E-state index is 2.28. The Labute approximate surface area is 77.1 Å². The number of benzene rings is 1. The molecule has 0 aromatic heterocycles. The van der Waals surface area contributed by atoms with E-state index in [-0.39, 0.29) is 0 Å². The average molecular weight is 176 g/mol. The molecule has 0 bridgehead atoms. The fourth-order valence-electron chi connectivity index (χ4n) is 1.30.